The smallest absolute Gasteiger partial charge is 0.0428 e. The van der Waals surface area contributed by atoms with Crippen molar-refractivity contribution in [2.24, 2.45) is 5.73 Å². The zero-order valence-electron chi connectivity index (χ0n) is 9.89. The van der Waals surface area contributed by atoms with E-state index in [2.05, 4.69) is 6.92 Å². The quantitative estimate of drug-likeness (QED) is 0.743. The van der Waals surface area contributed by atoms with Crippen molar-refractivity contribution in [3.05, 3.63) is 35.9 Å². The lowest BCUT2D eigenvalue weighted by Crippen LogP contribution is -2.19. The van der Waals surface area contributed by atoms with E-state index in [-0.39, 0.29) is 6.04 Å². The highest BCUT2D eigenvalue weighted by Gasteiger charge is 2.09. The van der Waals surface area contributed by atoms with Gasteiger partial charge in [0.05, 0.1) is 0 Å². The maximum absolute atomic E-state index is 11.7. The molecule has 90 valence electrons. The molecule has 0 spiro atoms. The molecule has 0 fully saturated rings. The van der Waals surface area contributed by atoms with Gasteiger partial charge in [0.2, 0.25) is 0 Å². The van der Waals surface area contributed by atoms with Gasteiger partial charge in [-0.05, 0) is 12.0 Å². The Balaban J connectivity index is 2.34. The summed E-state index contributed by atoms with van der Waals surface area (Å²) in [5.41, 5.74) is 7.08. The van der Waals surface area contributed by atoms with Crippen molar-refractivity contribution in [1.29, 1.82) is 0 Å². The fraction of sp³-hybridized carbons (Fsp3) is 0.538. The lowest BCUT2D eigenvalue weighted by molar-refractivity contribution is 0.668. The molecule has 0 aliphatic heterocycles. The molecule has 3 heteroatoms. The summed E-state index contributed by atoms with van der Waals surface area (Å²) < 4.78 is 11.7. The maximum Gasteiger partial charge on any atom is 0.0428 e. The van der Waals surface area contributed by atoms with E-state index in [1.165, 1.54) is 6.42 Å². The predicted octanol–water partition coefficient (Wildman–Crippen LogP) is 2.63. The van der Waals surface area contributed by atoms with Crippen molar-refractivity contribution < 1.29 is 4.21 Å². The Kier molecular flexibility index (Phi) is 6.34. The Morgan fingerprint density at radius 3 is 2.56 bits per heavy atom. The first-order chi connectivity index (χ1) is 7.74. The van der Waals surface area contributed by atoms with Crippen LogP contribution in [0.4, 0.5) is 0 Å². The van der Waals surface area contributed by atoms with Crippen LogP contribution in [0.3, 0.4) is 0 Å². The summed E-state index contributed by atoms with van der Waals surface area (Å²) in [6.07, 6.45) is 3.37. The zero-order chi connectivity index (χ0) is 11.8. The summed E-state index contributed by atoms with van der Waals surface area (Å²) in [6, 6.07) is 9.80. The van der Waals surface area contributed by atoms with Crippen LogP contribution in [0.25, 0.3) is 0 Å². The fourth-order valence-corrected chi connectivity index (χ4v) is 2.88. The van der Waals surface area contributed by atoms with Gasteiger partial charge in [-0.25, -0.2) is 0 Å². The molecule has 0 bridgehead atoms. The van der Waals surface area contributed by atoms with E-state index >= 15 is 0 Å². The number of nitrogens with two attached hydrogens (primary N) is 1. The van der Waals surface area contributed by atoms with Crippen LogP contribution >= 0.6 is 0 Å². The Morgan fingerprint density at radius 2 is 1.94 bits per heavy atom. The monoisotopic (exact) mass is 239 g/mol. The zero-order valence-corrected chi connectivity index (χ0v) is 10.7. The largest absolute Gasteiger partial charge is 0.323 e. The molecule has 0 aliphatic carbocycles. The van der Waals surface area contributed by atoms with Crippen LogP contribution in [0.1, 0.15) is 37.8 Å². The summed E-state index contributed by atoms with van der Waals surface area (Å²) in [6.45, 7) is 2.15. The molecule has 2 atom stereocenters. The van der Waals surface area contributed by atoms with E-state index in [9.17, 15) is 4.21 Å². The van der Waals surface area contributed by atoms with Gasteiger partial charge >= 0.3 is 0 Å². The number of unbranched alkanes of at least 4 members (excludes halogenated alkanes) is 2. The second kappa shape index (κ2) is 7.58. The molecule has 0 radical (unpaired) electrons. The van der Waals surface area contributed by atoms with Crippen molar-refractivity contribution in [1.82, 2.24) is 0 Å². The van der Waals surface area contributed by atoms with Gasteiger partial charge < -0.3 is 5.73 Å². The van der Waals surface area contributed by atoms with E-state index in [1.54, 1.807) is 0 Å². The lowest BCUT2D eigenvalue weighted by Gasteiger charge is -2.11. The number of benzene rings is 1. The first kappa shape index (κ1) is 13.4. The number of hydrogen-bond acceptors (Lipinski definition) is 2. The van der Waals surface area contributed by atoms with E-state index in [0.29, 0.717) is 5.75 Å². The molecule has 2 nitrogen and oxygen atoms in total. The Labute approximate surface area is 101 Å². The van der Waals surface area contributed by atoms with Crippen LogP contribution in [-0.2, 0) is 10.8 Å². The SMILES string of the molecule is CCCCCS(=O)CC(N)c1ccccc1. The number of rotatable bonds is 7. The lowest BCUT2D eigenvalue weighted by atomic mass is 10.1. The third-order valence-corrected chi connectivity index (χ3v) is 4.04. The van der Waals surface area contributed by atoms with Crippen molar-refractivity contribution >= 4 is 10.8 Å². The van der Waals surface area contributed by atoms with Crippen LogP contribution in [0.15, 0.2) is 30.3 Å². The van der Waals surface area contributed by atoms with E-state index < -0.39 is 10.8 Å². The first-order valence-electron chi connectivity index (χ1n) is 5.89. The average Bonchev–Trinajstić information content (AvgIpc) is 2.30. The third-order valence-electron chi connectivity index (χ3n) is 2.57. The maximum atomic E-state index is 11.7. The average molecular weight is 239 g/mol. The molecule has 16 heavy (non-hydrogen) atoms. The predicted molar refractivity (Wildman–Crippen MR) is 70.8 cm³/mol. The van der Waals surface area contributed by atoms with Crippen LogP contribution < -0.4 is 5.73 Å². The van der Waals surface area contributed by atoms with Crippen molar-refractivity contribution in [2.75, 3.05) is 11.5 Å². The van der Waals surface area contributed by atoms with Crippen molar-refractivity contribution in [3.63, 3.8) is 0 Å². The third kappa shape index (κ3) is 4.90. The molecule has 2 unspecified atom stereocenters. The molecule has 0 saturated heterocycles. The van der Waals surface area contributed by atoms with Gasteiger partial charge in [-0.2, -0.15) is 0 Å². The molecular weight excluding hydrogens is 218 g/mol. The van der Waals surface area contributed by atoms with E-state index in [0.717, 1.165) is 24.2 Å². The van der Waals surface area contributed by atoms with E-state index in [1.807, 2.05) is 30.3 Å². The van der Waals surface area contributed by atoms with Gasteiger partial charge in [0.15, 0.2) is 0 Å². The van der Waals surface area contributed by atoms with Gasteiger partial charge in [0, 0.05) is 28.3 Å². The molecule has 1 rings (SSSR count). The topological polar surface area (TPSA) is 43.1 Å². The minimum absolute atomic E-state index is 0.0938. The van der Waals surface area contributed by atoms with Gasteiger partial charge in [0.25, 0.3) is 0 Å². The Morgan fingerprint density at radius 1 is 1.25 bits per heavy atom. The summed E-state index contributed by atoms with van der Waals surface area (Å²) in [5, 5.41) is 0. The van der Waals surface area contributed by atoms with Crippen LogP contribution in [-0.4, -0.2) is 15.7 Å². The second-order valence-corrected chi connectivity index (χ2v) is 5.66. The molecular formula is C13H21NOS. The summed E-state index contributed by atoms with van der Waals surface area (Å²) >= 11 is 0. The fourth-order valence-electron chi connectivity index (χ4n) is 1.59. The van der Waals surface area contributed by atoms with Gasteiger partial charge in [-0.15, -0.1) is 0 Å². The van der Waals surface area contributed by atoms with E-state index in [4.69, 9.17) is 5.73 Å². The normalized spacial score (nSPS) is 14.6. The Hall–Kier alpha value is -0.670. The van der Waals surface area contributed by atoms with Gasteiger partial charge in [0.1, 0.15) is 0 Å². The van der Waals surface area contributed by atoms with Crippen molar-refractivity contribution in [2.45, 2.75) is 32.2 Å². The van der Waals surface area contributed by atoms with Crippen molar-refractivity contribution in [3.8, 4) is 0 Å². The molecule has 1 aromatic carbocycles. The summed E-state index contributed by atoms with van der Waals surface area (Å²) in [4.78, 5) is 0. The minimum Gasteiger partial charge on any atom is -0.323 e. The molecule has 0 aliphatic rings. The van der Waals surface area contributed by atoms with Gasteiger partial charge in [-0.1, -0.05) is 50.1 Å². The van der Waals surface area contributed by atoms with Crippen LogP contribution in [0.5, 0.6) is 0 Å². The van der Waals surface area contributed by atoms with Crippen LogP contribution in [0, 0.1) is 0 Å². The second-order valence-electron chi connectivity index (χ2n) is 4.03. The molecule has 0 amide bonds. The van der Waals surface area contributed by atoms with Gasteiger partial charge in [-0.3, -0.25) is 4.21 Å². The first-order valence-corrected chi connectivity index (χ1v) is 7.38. The highest BCUT2D eigenvalue weighted by atomic mass is 32.2. The summed E-state index contributed by atoms with van der Waals surface area (Å²) in [7, 11) is -0.777. The molecule has 2 N–H and O–H groups in total. The highest BCUT2D eigenvalue weighted by Crippen LogP contribution is 2.11. The minimum atomic E-state index is -0.777. The highest BCUT2D eigenvalue weighted by molar-refractivity contribution is 7.85. The Bertz CT molecular complexity index is 313. The molecule has 0 aromatic heterocycles. The molecule has 0 heterocycles. The molecule has 0 saturated carbocycles. The summed E-state index contributed by atoms with van der Waals surface area (Å²) in [5.74, 6) is 1.36. The molecule has 1 aromatic rings. The standard InChI is InChI=1S/C13H21NOS/c1-2-3-7-10-16(15)11-13(14)12-8-5-4-6-9-12/h4-6,8-9,13H,2-3,7,10-11,14H2,1H3. The van der Waals surface area contributed by atoms with Crippen LogP contribution in [0.2, 0.25) is 0 Å². The number of hydrogen-bond donors (Lipinski definition) is 1.